The molecule has 0 atom stereocenters. The fourth-order valence-corrected chi connectivity index (χ4v) is 3.33. The number of rotatable bonds is 2. The highest BCUT2D eigenvalue weighted by Gasteiger charge is 2.11. The number of fused-ring (bicyclic) bond motifs is 3. The van der Waals surface area contributed by atoms with Crippen molar-refractivity contribution in [3.05, 3.63) is 82.3 Å². The number of hydrogen-bond acceptors (Lipinski definition) is 0. The molecule has 0 aliphatic carbocycles. The summed E-state index contributed by atoms with van der Waals surface area (Å²) in [6.07, 6.45) is 0. The van der Waals surface area contributed by atoms with Crippen LogP contribution >= 0.6 is 23.2 Å². The summed E-state index contributed by atoms with van der Waals surface area (Å²) in [6, 6.07) is 22.5. The van der Waals surface area contributed by atoms with Crippen LogP contribution in [0.1, 0.15) is 5.56 Å². The second-order valence-electron chi connectivity index (χ2n) is 5.39. The van der Waals surface area contributed by atoms with Gasteiger partial charge in [-0.05, 0) is 42.0 Å². The van der Waals surface area contributed by atoms with Gasteiger partial charge in [0.25, 0.3) is 0 Å². The van der Waals surface area contributed by atoms with Crippen LogP contribution in [-0.2, 0) is 6.54 Å². The van der Waals surface area contributed by atoms with Gasteiger partial charge in [-0.3, -0.25) is 0 Å². The fourth-order valence-electron chi connectivity index (χ4n) is 2.98. The number of nitrogens with zero attached hydrogens (tertiary/aromatic N) is 1. The summed E-state index contributed by atoms with van der Waals surface area (Å²) in [5, 5.41) is 3.76. The van der Waals surface area contributed by atoms with Crippen LogP contribution in [0.3, 0.4) is 0 Å². The molecule has 4 aromatic rings. The second kappa shape index (κ2) is 5.35. The van der Waals surface area contributed by atoms with Crippen molar-refractivity contribution in [3.63, 3.8) is 0 Å². The van der Waals surface area contributed by atoms with E-state index in [1.54, 1.807) is 0 Å². The number of hydrogen-bond donors (Lipinski definition) is 0. The quantitative estimate of drug-likeness (QED) is 0.416. The molecule has 0 unspecified atom stereocenters. The summed E-state index contributed by atoms with van der Waals surface area (Å²) in [4.78, 5) is 0. The van der Waals surface area contributed by atoms with Gasteiger partial charge in [0.2, 0.25) is 0 Å². The maximum absolute atomic E-state index is 6.19. The van der Waals surface area contributed by atoms with E-state index in [9.17, 15) is 0 Å². The first-order valence-electron chi connectivity index (χ1n) is 7.13. The molecule has 1 heterocycles. The van der Waals surface area contributed by atoms with Crippen molar-refractivity contribution in [3.8, 4) is 0 Å². The Hall–Kier alpha value is -1.96. The highest BCUT2D eigenvalue weighted by atomic mass is 35.5. The number of benzene rings is 3. The predicted octanol–water partition coefficient (Wildman–Crippen LogP) is 6.15. The maximum Gasteiger partial charge on any atom is 0.0495 e. The summed E-state index contributed by atoms with van der Waals surface area (Å²) in [5.74, 6) is 0. The van der Waals surface area contributed by atoms with Gasteiger partial charge in [0, 0.05) is 38.4 Å². The zero-order valence-corrected chi connectivity index (χ0v) is 13.3. The molecule has 3 aromatic carbocycles. The van der Waals surface area contributed by atoms with Gasteiger partial charge in [-0.2, -0.15) is 0 Å². The predicted molar refractivity (Wildman–Crippen MR) is 95.0 cm³/mol. The Morgan fingerprint density at radius 2 is 1.23 bits per heavy atom. The molecule has 0 saturated carbocycles. The van der Waals surface area contributed by atoms with Crippen LogP contribution in [0.2, 0.25) is 10.0 Å². The van der Waals surface area contributed by atoms with Crippen LogP contribution < -0.4 is 0 Å². The number of aromatic nitrogens is 1. The molecule has 4 rings (SSSR count). The Labute approximate surface area is 138 Å². The zero-order chi connectivity index (χ0) is 15.1. The van der Waals surface area contributed by atoms with Crippen LogP contribution in [0.15, 0.2) is 66.7 Å². The molecule has 1 aromatic heterocycles. The minimum Gasteiger partial charge on any atom is -0.336 e. The van der Waals surface area contributed by atoms with Crippen molar-refractivity contribution < 1.29 is 0 Å². The van der Waals surface area contributed by atoms with Crippen LogP contribution in [0, 0.1) is 0 Å². The molecule has 108 valence electrons. The molecule has 1 nitrogen and oxygen atoms in total. The Kier molecular flexibility index (Phi) is 3.33. The van der Waals surface area contributed by atoms with E-state index < -0.39 is 0 Å². The van der Waals surface area contributed by atoms with Crippen molar-refractivity contribution in [1.29, 1.82) is 0 Å². The molecule has 0 radical (unpaired) electrons. The second-order valence-corrected chi connectivity index (χ2v) is 6.27. The van der Waals surface area contributed by atoms with E-state index in [0.29, 0.717) is 0 Å². The monoisotopic (exact) mass is 325 g/mol. The first kappa shape index (κ1) is 13.7. The van der Waals surface area contributed by atoms with Crippen molar-refractivity contribution >= 4 is 45.0 Å². The van der Waals surface area contributed by atoms with E-state index in [2.05, 4.69) is 41.0 Å². The van der Waals surface area contributed by atoms with Crippen molar-refractivity contribution in [2.45, 2.75) is 6.54 Å². The molecule has 22 heavy (non-hydrogen) atoms. The highest BCUT2D eigenvalue weighted by Crippen LogP contribution is 2.33. The summed E-state index contributed by atoms with van der Waals surface area (Å²) >= 11 is 12.4. The Morgan fingerprint density at radius 1 is 0.682 bits per heavy atom. The molecular formula is C19H13Cl2N. The Morgan fingerprint density at radius 3 is 1.77 bits per heavy atom. The lowest BCUT2D eigenvalue weighted by atomic mass is 10.1. The van der Waals surface area contributed by atoms with Crippen molar-refractivity contribution in [2.24, 2.45) is 0 Å². The molecule has 0 N–H and O–H groups in total. The SMILES string of the molecule is Clc1ccc2c(c1)c1cc(Cl)ccc1n2Cc1ccccc1. The van der Waals surface area contributed by atoms with Crippen LogP contribution in [0.4, 0.5) is 0 Å². The van der Waals surface area contributed by atoms with Gasteiger partial charge in [-0.25, -0.2) is 0 Å². The van der Waals surface area contributed by atoms with E-state index in [1.165, 1.54) is 16.6 Å². The van der Waals surface area contributed by atoms with Gasteiger partial charge >= 0.3 is 0 Å². The van der Waals surface area contributed by atoms with E-state index in [1.807, 2.05) is 30.3 Å². The molecule has 0 aliphatic heterocycles. The minimum atomic E-state index is 0.742. The molecule has 3 heteroatoms. The first-order valence-corrected chi connectivity index (χ1v) is 7.89. The molecule has 0 saturated heterocycles. The molecule has 0 bridgehead atoms. The van der Waals surface area contributed by atoms with E-state index >= 15 is 0 Å². The topological polar surface area (TPSA) is 4.93 Å². The maximum atomic E-state index is 6.19. The van der Waals surface area contributed by atoms with Crippen LogP contribution in [0.5, 0.6) is 0 Å². The van der Waals surface area contributed by atoms with E-state index in [-0.39, 0.29) is 0 Å². The third-order valence-electron chi connectivity index (χ3n) is 3.97. The molecule has 0 fully saturated rings. The Balaban J connectivity index is 2.02. The highest BCUT2D eigenvalue weighted by molar-refractivity contribution is 6.33. The van der Waals surface area contributed by atoms with Crippen LogP contribution in [-0.4, -0.2) is 4.57 Å². The lowest BCUT2D eigenvalue weighted by molar-refractivity contribution is 0.869. The average molecular weight is 326 g/mol. The van der Waals surface area contributed by atoms with Gasteiger partial charge in [0.15, 0.2) is 0 Å². The van der Waals surface area contributed by atoms with Gasteiger partial charge < -0.3 is 4.57 Å². The molecule has 0 amide bonds. The molecule has 0 aliphatic rings. The van der Waals surface area contributed by atoms with E-state index in [4.69, 9.17) is 23.2 Å². The van der Waals surface area contributed by atoms with Gasteiger partial charge in [0.05, 0.1) is 0 Å². The standard InChI is InChI=1S/C19H13Cl2N/c20-14-6-8-18-16(10-14)17-11-15(21)7-9-19(17)22(18)12-13-4-2-1-3-5-13/h1-11H,12H2. The largest absolute Gasteiger partial charge is 0.336 e. The van der Waals surface area contributed by atoms with Crippen molar-refractivity contribution in [2.75, 3.05) is 0 Å². The molecular weight excluding hydrogens is 313 g/mol. The first-order chi connectivity index (χ1) is 10.7. The van der Waals surface area contributed by atoms with Gasteiger partial charge in [-0.15, -0.1) is 0 Å². The summed E-state index contributed by atoms with van der Waals surface area (Å²) < 4.78 is 2.31. The smallest absolute Gasteiger partial charge is 0.0495 e. The van der Waals surface area contributed by atoms with Crippen LogP contribution in [0.25, 0.3) is 21.8 Å². The third-order valence-corrected chi connectivity index (χ3v) is 4.44. The molecule has 0 spiro atoms. The van der Waals surface area contributed by atoms with Gasteiger partial charge in [-0.1, -0.05) is 53.5 Å². The Bertz CT molecular complexity index is 912. The lowest BCUT2D eigenvalue weighted by Crippen LogP contribution is -1.98. The summed E-state index contributed by atoms with van der Waals surface area (Å²) in [7, 11) is 0. The third kappa shape index (κ3) is 2.27. The minimum absolute atomic E-state index is 0.742. The number of halogens is 2. The normalized spacial score (nSPS) is 11.4. The summed E-state index contributed by atoms with van der Waals surface area (Å²) in [5.41, 5.74) is 3.61. The zero-order valence-electron chi connectivity index (χ0n) is 11.8. The fraction of sp³-hybridized carbons (Fsp3) is 0.0526. The lowest BCUT2D eigenvalue weighted by Gasteiger charge is -2.07. The average Bonchev–Trinajstić information content (AvgIpc) is 2.81. The van der Waals surface area contributed by atoms with Crippen molar-refractivity contribution in [1.82, 2.24) is 4.57 Å². The summed E-state index contributed by atoms with van der Waals surface area (Å²) in [6.45, 7) is 0.824. The van der Waals surface area contributed by atoms with Gasteiger partial charge in [0.1, 0.15) is 0 Å². The van der Waals surface area contributed by atoms with E-state index in [0.717, 1.165) is 27.4 Å².